The van der Waals surface area contributed by atoms with Crippen molar-refractivity contribution in [2.75, 3.05) is 36.4 Å². The smallest absolute Gasteiger partial charge is 0.173 e. The van der Waals surface area contributed by atoms with Crippen molar-refractivity contribution in [2.24, 2.45) is 0 Å². The normalized spacial score (nSPS) is 15.2. The minimum Gasteiger partial charge on any atom is -0.351 e. The highest BCUT2D eigenvalue weighted by atomic mass is 79.9. The maximum atomic E-state index is 4.48. The van der Waals surface area contributed by atoms with Crippen LogP contribution in [-0.4, -0.2) is 36.1 Å². The Hall–Kier alpha value is -1.66. The van der Waals surface area contributed by atoms with E-state index in [0.29, 0.717) is 0 Å². The molecule has 1 aliphatic heterocycles. The van der Waals surface area contributed by atoms with Gasteiger partial charge in [0.15, 0.2) is 11.6 Å². The van der Waals surface area contributed by atoms with E-state index < -0.39 is 0 Å². The molecule has 0 aliphatic carbocycles. The van der Waals surface area contributed by atoms with Crippen molar-refractivity contribution >= 4 is 33.3 Å². The Morgan fingerprint density at radius 1 is 1.05 bits per heavy atom. The highest BCUT2D eigenvalue weighted by molar-refractivity contribution is 9.10. The summed E-state index contributed by atoms with van der Waals surface area (Å²) in [6.45, 7) is 3.87. The maximum Gasteiger partial charge on any atom is 0.173 e. The van der Waals surface area contributed by atoms with Crippen LogP contribution in [0.2, 0.25) is 0 Å². The molecule has 1 saturated heterocycles. The third-order valence-corrected chi connectivity index (χ3v) is 3.73. The van der Waals surface area contributed by atoms with Crippen LogP contribution in [0.4, 0.5) is 17.3 Å². The lowest BCUT2D eigenvalue weighted by atomic mass is 10.3. The number of nitrogens with one attached hydrogen (secondary N) is 2. The van der Waals surface area contributed by atoms with Gasteiger partial charge in [0.2, 0.25) is 0 Å². The summed E-state index contributed by atoms with van der Waals surface area (Å²) < 4.78 is 1.06. The van der Waals surface area contributed by atoms with Crippen molar-refractivity contribution < 1.29 is 0 Å². The molecule has 3 rings (SSSR count). The summed E-state index contributed by atoms with van der Waals surface area (Å²) >= 11 is 3.44. The van der Waals surface area contributed by atoms with E-state index in [1.165, 1.54) is 0 Å². The van der Waals surface area contributed by atoms with E-state index in [9.17, 15) is 0 Å². The molecule has 2 aromatic rings. The molecule has 0 radical (unpaired) electrons. The molecule has 1 fully saturated rings. The Morgan fingerprint density at radius 2 is 1.75 bits per heavy atom. The van der Waals surface area contributed by atoms with Crippen molar-refractivity contribution in [1.29, 1.82) is 0 Å². The van der Waals surface area contributed by atoms with Crippen molar-refractivity contribution in [1.82, 2.24) is 15.3 Å². The zero-order valence-corrected chi connectivity index (χ0v) is 12.6. The number of anilines is 3. The lowest BCUT2D eigenvalue weighted by molar-refractivity contribution is 0.585. The number of aromatic nitrogens is 2. The van der Waals surface area contributed by atoms with Gasteiger partial charge in [-0.3, -0.25) is 0 Å². The summed E-state index contributed by atoms with van der Waals surface area (Å²) in [4.78, 5) is 11.2. The van der Waals surface area contributed by atoms with Crippen LogP contribution in [0.3, 0.4) is 0 Å². The van der Waals surface area contributed by atoms with Gasteiger partial charge in [-0.25, -0.2) is 9.97 Å². The highest BCUT2D eigenvalue weighted by Gasteiger charge is 2.16. The Labute approximate surface area is 126 Å². The third kappa shape index (κ3) is 3.08. The summed E-state index contributed by atoms with van der Waals surface area (Å²) in [6, 6.07) is 8.03. The molecule has 0 amide bonds. The molecule has 0 unspecified atom stereocenters. The molecule has 5 nitrogen and oxygen atoms in total. The lowest BCUT2D eigenvalue weighted by Gasteiger charge is -2.29. The third-order valence-electron chi connectivity index (χ3n) is 3.20. The molecule has 20 heavy (non-hydrogen) atoms. The van der Waals surface area contributed by atoms with E-state index in [1.807, 2.05) is 24.3 Å². The van der Waals surface area contributed by atoms with Crippen LogP contribution in [0.15, 0.2) is 41.1 Å². The van der Waals surface area contributed by atoms with Gasteiger partial charge in [-0.1, -0.05) is 15.9 Å². The van der Waals surface area contributed by atoms with E-state index in [2.05, 4.69) is 41.4 Å². The number of halogens is 1. The predicted molar refractivity (Wildman–Crippen MR) is 84.5 cm³/mol. The van der Waals surface area contributed by atoms with Crippen molar-refractivity contribution in [3.8, 4) is 0 Å². The average Bonchev–Trinajstić information content (AvgIpc) is 2.51. The first-order valence-electron chi connectivity index (χ1n) is 6.62. The van der Waals surface area contributed by atoms with Crippen molar-refractivity contribution in [3.63, 3.8) is 0 Å². The van der Waals surface area contributed by atoms with Crippen LogP contribution in [0, 0.1) is 0 Å². The van der Waals surface area contributed by atoms with Crippen LogP contribution in [-0.2, 0) is 0 Å². The molecule has 1 aliphatic rings. The Kier molecular flexibility index (Phi) is 4.13. The van der Waals surface area contributed by atoms with Crippen LogP contribution < -0.4 is 15.5 Å². The number of hydrogen-bond donors (Lipinski definition) is 2. The van der Waals surface area contributed by atoms with Crippen LogP contribution >= 0.6 is 15.9 Å². The molecule has 0 saturated carbocycles. The van der Waals surface area contributed by atoms with Crippen LogP contribution in [0.5, 0.6) is 0 Å². The number of benzene rings is 1. The van der Waals surface area contributed by atoms with Crippen molar-refractivity contribution in [3.05, 3.63) is 41.1 Å². The topological polar surface area (TPSA) is 53.1 Å². The van der Waals surface area contributed by atoms with Gasteiger partial charge >= 0.3 is 0 Å². The minimum absolute atomic E-state index is 0.803. The van der Waals surface area contributed by atoms with Gasteiger partial charge in [-0.05, 0) is 24.3 Å². The molecule has 0 spiro atoms. The first kappa shape index (κ1) is 13.3. The summed E-state index contributed by atoms with van der Waals surface area (Å²) in [5, 5.41) is 6.68. The molecule has 6 heteroatoms. The molecule has 2 heterocycles. The van der Waals surface area contributed by atoms with Crippen LogP contribution in [0.25, 0.3) is 0 Å². The van der Waals surface area contributed by atoms with Crippen LogP contribution in [0.1, 0.15) is 0 Å². The van der Waals surface area contributed by atoms with Gasteiger partial charge in [0.1, 0.15) is 0 Å². The SMILES string of the molecule is Brc1ccc(Nc2nccnc2N2CCNCC2)cc1. The zero-order valence-electron chi connectivity index (χ0n) is 11.0. The van der Waals surface area contributed by atoms with E-state index in [0.717, 1.165) is 48.0 Å². The molecule has 2 N–H and O–H groups in total. The standard InChI is InChI=1S/C14H16BrN5/c15-11-1-3-12(4-2-11)19-13-14(18-6-5-17-13)20-9-7-16-8-10-20/h1-6,16H,7-10H2,(H,17,19). The van der Waals surface area contributed by atoms with E-state index in [-0.39, 0.29) is 0 Å². The first-order chi connectivity index (χ1) is 9.83. The summed E-state index contributed by atoms with van der Waals surface area (Å²) in [6.07, 6.45) is 3.46. The Balaban J connectivity index is 1.83. The molecular formula is C14H16BrN5. The minimum atomic E-state index is 0.803. The fourth-order valence-corrected chi connectivity index (χ4v) is 2.46. The second-order valence-electron chi connectivity index (χ2n) is 4.60. The number of nitrogens with zero attached hydrogens (tertiary/aromatic N) is 3. The molecule has 0 bridgehead atoms. The monoisotopic (exact) mass is 333 g/mol. The summed E-state index contributed by atoms with van der Waals surface area (Å²) in [5.41, 5.74) is 1.00. The van der Waals surface area contributed by atoms with Gasteiger partial charge < -0.3 is 15.5 Å². The predicted octanol–water partition coefficient (Wildman–Crippen LogP) is 2.39. The number of rotatable bonds is 3. The van der Waals surface area contributed by atoms with E-state index >= 15 is 0 Å². The first-order valence-corrected chi connectivity index (χ1v) is 7.41. The molecule has 0 atom stereocenters. The Morgan fingerprint density at radius 3 is 2.50 bits per heavy atom. The summed E-state index contributed by atoms with van der Waals surface area (Å²) in [7, 11) is 0. The van der Waals surface area contributed by atoms with Gasteiger partial charge in [-0.15, -0.1) is 0 Å². The quantitative estimate of drug-likeness (QED) is 0.903. The summed E-state index contributed by atoms with van der Waals surface area (Å²) in [5.74, 6) is 1.72. The molecule has 104 valence electrons. The second kappa shape index (κ2) is 6.19. The highest BCUT2D eigenvalue weighted by Crippen LogP contribution is 2.25. The van der Waals surface area contributed by atoms with Gasteiger partial charge in [0, 0.05) is 48.7 Å². The number of hydrogen-bond acceptors (Lipinski definition) is 5. The molecule has 1 aromatic carbocycles. The maximum absolute atomic E-state index is 4.48. The second-order valence-corrected chi connectivity index (χ2v) is 5.51. The van der Waals surface area contributed by atoms with E-state index in [4.69, 9.17) is 0 Å². The van der Waals surface area contributed by atoms with Gasteiger partial charge in [-0.2, -0.15) is 0 Å². The average molecular weight is 334 g/mol. The molecular weight excluding hydrogens is 318 g/mol. The largest absolute Gasteiger partial charge is 0.351 e. The van der Waals surface area contributed by atoms with Gasteiger partial charge in [0.25, 0.3) is 0 Å². The van der Waals surface area contributed by atoms with E-state index in [1.54, 1.807) is 12.4 Å². The fraction of sp³-hybridized carbons (Fsp3) is 0.286. The fourth-order valence-electron chi connectivity index (χ4n) is 2.20. The Bertz CT molecular complexity index is 566. The van der Waals surface area contributed by atoms with Crippen molar-refractivity contribution in [2.45, 2.75) is 0 Å². The zero-order chi connectivity index (χ0) is 13.8. The number of piperazine rings is 1. The molecule has 1 aromatic heterocycles. The van der Waals surface area contributed by atoms with Gasteiger partial charge in [0.05, 0.1) is 0 Å². The lowest BCUT2D eigenvalue weighted by Crippen LogP contribution is -2.44.